The number of amides is 1. The summed E-state index contributed by atoms with van der Waals surface area (Å²) < 4.78 is 0.518. The van der Waals surface area contributed by atoms with Crippen LogP contribution in [-0.2, 0) is 0 Å². The highest BCUT2D eigenvalue weighted by molar-refractivity contribution is 8.19. The molecular formula is C16H16N2OS2. The molecular weight excluding hydrogens is 300 g/mol. The van der Waals surface area contributed by atoms with Crippen LogP contribution in [0.3, 0.4) is 0 Å². The van der Waals surface area contributed by atoms with Gasteiger partial charge in [0.2, 0.25) is 0 Å². The summed E-state index contributed by atoms with van der Waals surface area (Å²) in [7, 11) is 0. The number of carbonyl (C=O) groups excluding carboxylic acids is 1. The molecule has 0 spiro atoms. The Morgan fingerprint density at radius 2 is 1.62 bits per heavy atom. The van der Waals surface area contributed by atoms with E-state index in [0.717, 1.165) is 5.69 Å². The maximum absolute atomic E-state index is 12.1. The third-order valence-corrected chi connectivity index (χ3v) is 6.27. The molecule has 1 heterocycles. The van der Waals surface area contributed by atoms with Gasteiger partial charge in [0.25, 0.3) is 5.91 Å². The Hall–Kier alpha value is -1.59. The van der Waals surface area contributed by atoms with Gasteiger partial charge in [-0.05, 0) is 29.8 Å². The molecule has 3 nitrogen and oxygen atoms in total. The van der Waals surface area contributed by atoms with E-state index in [1.165, 1.54) is 17.1 Å². The van der Waals surface area contributed by atoms with Crippen LogP contribution in [0, 0.1) is 0 Å². The maximum atomic E-state index is 12.1. The van der Waals surface area contributed by atoms with Gasteiger partial charge in [-0.15, -0.1) is 23.5 Å². The van der Waals surface area contributed by atoms with Crippen LogP contribution in [0.4, 0.5) is 5.69 Å². The standard InChI is InChI=1S/C16H16N2OS2/c19-15(18-17-14-4-2-1-3-5-14)12-6-8-13(9-7-12)16-20-10-11-21-16/h1-9,16-17H,10-11H2,(H,18,19). The summed E-state index contributed by atoms with van der Waals surface area (Å²) in [5, 5.41) is 0. The highest BCUT2D eigenvalue weighted by atomic mass is 32.2. The molecule has 108 valence electrons. The minimum absolute atomic E-state index is 0.128. The van der Waals surface area contributed by atoms with E-state index in [9.17, 15) is 4.79 Å². The first kappa shape index (κ1) is 14.4. The first-order chi connectivity index (χ1) is 10.3. The summed E-state index contributed by atoms with van der Waals surface area (Å²) >= 11 is 3.93. The van der Waals surface area contributed by atoms with Gasteiger partial charge in [0, 0.05) is 17.1 Å². The lowest BCUT2D eigenvalue weighted by molar-refractivity contribution is 0.0962. The van der Waals surface area contributed by atoms with Crippen LogP contribution < -0.4 is 10.9 Å². The van der Waals surface area contributed by atoms with Gasteiger partial charge >= 0.3 is 0 Å². The van der Waals surface area contributed by atoms with Crippen molar-refractivity contribution in [2.45, 2.75) is 4.58 Å². The molecule has 0 unspecified atom stereocenters. The van der Waals surface area contributed by atoms with Crippen LogP contribution in [0.5, 0.6) is 0 Å². The van der Waals surface area contributed by atoms with E-state index in [-0.39, 0.29) is 5.91 Å². The number of hydrogen-bond acceptors (Lipinski definition) is 4. The molecule has 3 rings (SSSR count). The molecule has 2 aromatic rings. The fourth-order valence-corrected chi connectivity index (χ4v) is 4.92. The van der Waals surface area contributed by atoms with Crippen LogP contribution in [0.2, 0.25) is 0 Å². The van der Waals surface area contributed by atoms with Crippen molar-refractivity contribution in [2.75, 3.05) is 16.9 Å². The lowest BCUT2D eigenvalue weighted by Crippen LogP contribution is -2.29. The van der Waals surface area contributed by atoms with Crippen molar-refractivity contribution < 1.29 is 4.79 Å². The highest BCUT2D eigenvalue weighted by Crippen LogP contribution is 2.45. The highest BCUT2D eigenvalue weighted by Gasteiger charge is 2.18. The summed E-state index contributed by atoms with van der Waals surface area (Å²) in [6.45, 7) is 0. The van der Waals surface area contributed by atoms with Gasteiger partial charge in [-0.25, -0.2) is 0 Å². The number of nitrogens with one attached hydrogen (secondary N) is 2. The van der Waals surface area contributed by atoms with Crippen molar-refractivity contribution >= 4 is 35.1 Å². The third-order valence-electron chi connectivity index (χ3n) is 3.16. The zero-order valence-electron chi connectivity index (χ0n) is 11.4. The summed E-state index contributed by atoms with van der Waals surface area (Å²) in [5.74, 6) is 2.29. The lowest BCUT2D eigenvalue weighted by Gasteiger charge is -2.10. The van der Waals surface area contributed by atoms with Gasteiger partial charge in [0.1, 0.15) is 0 Å². The molecule has 21 heavy (non-hydrogen) atoms. The molecule has 0 radical (unpaired) electrons. The largest absolute Gasteiger partial charge is 0.298 e. The van der Waals surface area contributed by atoms with E-state index in [0.29, 0.717) is 10.1 Å². The molecule has 0 aromatic heterocycles. The van der Waals surface area contributed by atoms with Crippen molar-refractivity contribution in [2.24, 2.45) is 0 Å². The monoisotopic (exact) mass is 316 g/mol. The number of hydrogen-bond donors (Lipinski definition) is 2. The predicted octanol–water partition coefficient (Wildman–Crippen LogP) is 3.92. The molecule has 1 saturated heterocycles. The van der Waals surface area contributed by atoms with Crippen molar-refractivity contribution in [3.63, 3.8) is 0 Å². The van der Waals surface area contributed by atoms with E-state index < -0.39 is 0 Å². The SMILES string of the molecule is O=C(NNc1ccccc1)c1ccc(C2SCCS2)cc1. The second kappa shape index (κ2) is 6.91. The number of carbonyl (C=O) groups is 1. The fraction of sp³-hybridized carbons (Fsp3) is 0.188. The Bertz CT molecular complexity index is 595. The van der Waals surface area contributed by atoms with Gasteiger partial charge in [-0.3, -0.25) is 15.6 Å². The Morgan fingerprint density at radius 3 is 2.29 bits per heavy atom. The number of hydrazine groups is 1. The quantitative estimate of drug-likeness (QED) is 0.839. The van der Waals surface area contributed by atoms with Crippen LogP contribution in [-0.4, -0.2) is 17.4 Å². The van der Waals surface area contributed by atoms with Crippen molar-refractivity contribution in [1.29, 1.82) is 0 Å². The maximum Gasteiger partial charge on any atom is 0.269 e. The molecule has 0 saturated carbocycles. The van der Waals surface area contributed by atoms with Gasteiger partial charge in [0.15, 0.2) is 0 Å². The molecule has 0 aliphatic carbocycles. The summed E-state index contributed by atoms with van der Waals surface area (Å²) in [5.41, 5.74) is 8.42. The van der Waals surface area contributed by atoms with Crippen LogP contribution >= 0.6 is 23.5 Å². The van der Waals surface area contributed by atoms with E-state index >= 15 is 0 Å². The molecule has 1 fully saturated rings. The third kappa shape index (κ3) is 3.74. The number of anilines is 1. The Kier molecular flexibility index (Phi) is 4.72. The van der Waals surface area contributed by atoms with E-state index in [2.05, 4.69) is 10.9 Å². The molecule has 2 aromatic carbocycles. The number of thioether (sulfide) groups is 2. The molecule has 0 bridgehead atoms. The average Bonchev–Trinajstić information content (AvgIpc) is 3.08. The number of para-hydroxylation sites is 1. The van der Waals surface area contributed by atoms with Crippen molar-refractivity contribution in [1.82, 2.24) is 5.43 Å². The zero-order valence-corrected chi connectivity index (χ0v) is 13.0. The fourth-order valence-electron chi connectivity index (χ4n) is 2.07. The minimum Gasteiger partial charge on any atom is -0.298 e. The first-order valence-electron chi connectivity index (χ1n) is 6.77. The molecule has 0 atom stereocenters. The first-order valence-corrected chi connectivity index (χ1v) is 8.87. The summed E-state index contributed by atoms with van der Waals surface area (Å²) in [6.07, 6.45) is 0. The number of rotatable bonds is 4. The Morgan fingerprint density at radius 1 is 0.952 bits per heavy atom. The number of benzene rings is 2. The van der Waals surface area contributed by atoms with Crippen LogP contribution in [0.1, 0.15) is 20.5 Å². The molecule has 2 N–H and O–H groups in total. The van der Waals surface area contributed by atoms with Crippen molar-refractivity contribution in [3.05, 3.63) is 65.7 Å². The van der Waals surface area contributed by atoms with Gasteiger partial charge < -0.3 is 0 Å². The van der Waals surface area contributed by atoms with E-state index in [1.807, 2.05) is 78.1 Å². The average molecular weight is 316 g/mol. The topological polar surface area (TPSA) is 41.1 Å². The Balaban J connectivity index is 1.59. The minimum atomic E-state index is -0.128. The van der Waals surface area contributed by atoms with Crippen LogP contribution in [0.25, 0.3) is 0 Å². The van der Waals surface area contributed by atoms with Gasteiger partial charge in [-0.1, -0.05) is 30.3 Å². The van der Waals surface area contributed by atoms with Gasteiger partial charge in [0.05, 0.1) is 10.3 Å². The molecule has 5 heteroatoms. The predicted molar refractivity (Wildman–Crippen MR) is 91.6 cm³/mol. The zero-order chi connectivity index (χ0) is 14.5. The summed E-state index contributed by atoms with van der Waals surface area (Å²) in [4.78, 5) is 12.1. The second-order valence-electron chi connectivity index (χ2n) is 4.64. The van der Waals surface area contributed by atoms with E-state index in [1.54, 1.807) is 0 Å². The molecule has 1 aliphatic heterocycles. The normalized spacial score (nSPS) is 14.9. The lowest BCUT2D eigenvalue weighted by atomic mass is 10.1. The molecule has 1 aliphatic rings. The van der Waals surface area contributed by atoms with Crippen LogP contribution in [0.15, 0.2) is 54.6 Å². The Labute approximate surface area is 132 Å². The molecule has 1 amide bonds. The van der Waals surface area contributed by atoms with Gasteiger partial charge in [-0.2, -0.15) is 0 Å². The second-order valence-corrected chi connectivity index (χ2v) is 7.37. The van der Waals surface area contributed by atoms with E-state index in [4.69, 9.17) is 0 Å². The smallest absolute Gasteiger partial charge is 0.269 e. The summed E-state index contributed by atoms with van der Waals surface area (Å²) in [6, 6.07) is 17.4. The van der Waals surface area contributed by atoms with Crippen molar-refractivity contribution in [3.8, 4) is 0 Å².